The van der Waals surface area contributed by atoms with E-state index in [2.05, 4.69) is 10.6 Å². The Kier molecular flexibility index (Phi) is 7.45. The number of nitrogens with one attached hydrogen (secondary N) is 2. The lowest BCUT2D eigenvalue weighted by molar-refractivity contribution is -0.127. The molecule has 4 N–H and O–H groups in total. The third-order valence-electron chi connectivity index (χ3n) is 4.00. The highest BCUT2D eigenvalue weighted by atomic mass is 35.5. The predicted octanol–water partition coefficient (Wildman–Crippen LogP) is 1.76. The lowest BCUT2D eigenvalue weighted by Crippen LogP contribution is -2.55. The number of hydrogen-bond acceptors (Lipinski definition) is 3. The Bertz CT molecular complexity index is 531. The van der Waals surface area contributed by atoms with Gasteiger partial charge in [-0.3, -0.25) is 9.59 Å². The van der Waals surface area contributed by atoms with Gasteiger partial charge in [-0.15, -0.1) is 12.4 Å². The van der Waals surface area contributed by atoms with Crippen LogP contribution in [0.5, 0.6) is 0 Å². The van der Waals surface area contributed by atoms with E-state index in [1.54, 1.807) is 0 Å². The van der Waals surface area contributed by atoms with Crippen molar-refractivity contribution in [2.24, 2.45) is 5.73 Å². The third kappa shape index (κ3) is 5.48. The largest absolute Gasteiger partial charge is 0.353 e. The van der Waals surface area contributed by atoms with Gasteiger partial charge in [-0.25, -0.2) is 4.39 Å². The minimum atomic E-state index is -0.765. The summed E-state index contributed by atoms with van der Waals surface area (Å²) in [5.74, 6) is -0.831. The summed E-state index contributed by atoms with van der Waals surface area (Å²) in [6.07, 6.45) is 4.50. The first-order valence-electron chi connectivity index (χ1n) is 7.62. The van der Waals surface area contributed by atoms with Gasteiger partial charge in [0.05, 0.1) is 5.54 Å². The molecule has 0 bridgehead atoms. The molecule has 0 unspecified atom stereocenters. The van der Waals surface area contributed by atoms with Crippen molar-refractivity contribution in [1.29, 1.82) is 0 Å². The maximum absolute atomic E-state index is 12.8. The van der Waals surface area contributed by atoms with E-state index in [1.807, 2.05) is 0 Å². The van der Waals surface area contributed by atoms with Gasteiger partial charge in [0.25, 0.3) is 5.91 Å². The second-order valence-corrected chi connectivity index (χ2v) is 5.74. The lowest BCUT2D eigenvalue weighted by atomic mass is 9.82. The van der Waals surface area contributed by atoms with Crippen LogP contribution in [0.3, 0.4) is 0 Å². The zero-order chi connectivity index (χ0) is 16.0. The summed E-state index contributed by atoms with van der Waals surface area (Å²) in [6, 6.07) is 5.30. The highest BCUT2D eigenvalue weighted by Gasteiger charge is 2.34. The molecule has 0 atom stereocenters. The van der Waals surface area contributed by atoms with E-state index >= 15 is 0 Å². The summed E-state index contributed by atoms with van der Waals surface area (Å²) in [5, 5.41) is 5.44. The molecule has 1 aromatic carbocycles. The summed E-state index contributed by atoms with van der Waals surface area (Å²) in [4.78, 5) is 23.9. The smallest absolute Gasteiger partial charge is 0.251 e. The van der Waals surface area contributed by atoms with Crippen molar-refractivity contribution in [3.8, 4) is 0 Å². The van der Waals surface area contributed by atoms with Crippen LogP contribution in [0.4, 0.5) is 4.39 Å². The Hall–Kier alpha value is -1.66. The van der Waals surface area contributed by atoms with Crippen LogP contribution in [-0.2, 0) is 4.79 Å². The number of benzene rings is 1. The van der Waals surface area contributed by atoms with E-state index in [1.165, 1.54) is 24.3 Å². The zero-order valence-corrected chi connectivity index (χ0v) is 13.8. The number of nitrogens with two attached hydrogens (primary N) is 1. The number of hydrogen-bond donors (Lipinski definition) is 3. The standard InChI is InChI=1S/C16H22FN3O2.ClH/c17-13-6-4-12(5-7-13)14(21)19-10-11-20-15(22)16(18)8-2-1-3-9-16;/h4-7H,1-3,8-11,18H2,(H,19,21)(H,20,22);1H. The van der Waals surface area contributed by atoms with Crippen LogP contribution in [-0.4, -0.2) is 30.4 Å². The van der Waals surface area contributed by atoms with Crippen molar-refractivity contribution in [1.82, 2.24) is 10.6 Å². The topological polar surface area (TPSA) is 84.2 Å². The first-order chi connectivity index (χ1) is 10.5. The number of carbonyl (C=O) groups excluding carboxylic acids is 2. The first-order valence-corrected chi connectivity index (χ1v) is 7.62. The van der Waals surface area contributed by atoms with Crippen LogP contribution in [0.2, 0.25) is 0 Å². The Labute approximate surface area is 141 Å². The average molecular weight is 344 g/mol. The number of carbonyl (C=O) groups is 2. The van der Waals surface area contributed by atoms with Crippen molar-refractivity contribution >= 4 is 24.2 Å². The molecular formula is C16H23ClFN3O2. The maximum atomic E-state index is 12.8. The molecule has 2 rings (SSSR count). The minimum absolute atomic E-state index is 0. The molecular weight excluding hydrogens is 321 g/mol. The van der Waals surface area contributed by atoms with E-state index in [9.17, 15) is 14.0 Å². The van der Waals surface area contributed by atoms with Crippen LogP contribution in [0.1, 0.15) is 42.5 Å². The molecule has 0 radical (unpaired) electrons. The molecule has 23 heavy (non-hydrogen) atoms. The monoisotopic (exact) mass is 343 g/mol. The van der Waals surface area contributed by atoms with Gasteiger partial charge in [-0.05, 0) is 37.1 Å². The molecule has 0 saturated heterocycles. The molecule has 0 heterocycles. The van der Waals surface area contributed by atoms with Gasteiger partial charge in [0.15, 0.2) is 0 Å². The third-order valence-corrected chi connectivity index (χ3v) is 4.00. The highest BCUT2D eigenvalue weighted by Crippen LogP contribution is 2.25. The Morgan fingerprint density at radius 1 is 1.04 bits per heavy atom. The Balaban J connectivity index is 0.00000264. The van der Waals surface area contributed by atoms with Crippen molar-refractivity contribution in [3.05, 3.63) is 35.6 Å². The van der Waals surface area contributed by atoms with Crippen LogP contribution in [0.25, 0.3) is 0 Å². The second kappa shape index (κ2) is 8.84. The molecule has 0 spiro atoms. The summed E-state index contributed by atoms with van der Waals surface area (Å²) < 4.78 is 12.8. The molecule has 0 aliphatic heterocycles. The molecule has 1 aliphatic carbocycles. The molecule has 128 valence electrons. The molecule has 1 saturated carbocycles. The Morgan fingerprint density at radius 3 is 2.22 bits per heavy atom. The fourth-order valence-electron chi connectivity index (χ4n) is 2.64. The lowest BCUT2D eigenvalue weighted by Gasteiger charge is -2.31. The van der Waals surface area contributed by atoms with E-state index < -0.39 is 5.54 Å². The van der Waals surface area contributed by atoms with Crippen LogP contribution < -0.4 is 16.4 Å². The van der Waals surface area contributed by atoms with Gasteiger partial charge in [-0.1, -0.05) is 19.3 Å². The molecule has 1 fully saturated rings. The van der Waals surface area contributed by atoms with Gasteiger partial charge in [-0.2, -0.15) is 0 Å². The number of amides is 2. The van der Waals surface area contributed by atoms with Crippen LogP contribution in [0.15, 0.2) is 24.3 Å². The first kappa shape index (κ1) is 19.4. The van der Waals surface area contributed by atoms with Gasteiger partial charge >= 0.3 is 0 Å². The SMILES string of the molecule is Cl.NC1(C(=O)NCCNC(=O)c2ccc(F)cc2)CCCCC1. The normalized spacial score (nSPS) is 16.1. The van der Waals surface area contributed by atoms with E-state index in [-0.39, 0.29) is 30.0 Å². The van der Waals surface area contributed by atoms with E-state index in [0.717, 1.165) is 19.3 Å². The summed E-state index contributed by atoms with van der Waals surface area (Å²) in [6.45, 7) is 0.628. The maximum Gasteiger partial charge on any atom is 0.251 e. The van der Waals surface area contributed by atoms with Crippen LogP contribution in [0, 0.1) is 5.82 Å². The zero-order valence-electron chi connectivity index (χ0n) is 12.9. The van der Waals surface area contributed by atoms with Gasteiger partial charge < -0.3 is 16.4 Å². The van der Waals surface area contributed by atoms with E-state index in [0.29, 0.717) is 31.5 Å². The van der Waals surface area contributed by atoms with Crippen molar-refractivity contribution in [2.45, 2.75) is 37.6 Å². The molecule has 5 nitrogen and oxygen atoms in total. The van der Waals surface area contributed by atoms with E-state index in [4.69, 9.17) is 5.73 Å². The van der Waals surface area contributed by atoms with Gasteiger partial charge in [0.2, 0.25) is 5.91 Å². The van der Waals surface area contributed by atoms with Crippen LogP contribution >= 0.6 is 12.4 Å². The van der Waals surface area contributed by atoms with Crippen molar-refractivity contribution < 1.29 is 14.0 Å². The minimum Gasteiger partial charge on any atom is -0.353 e. The highest BCUT2D eigenvalue weighted by molar-refractivity contribution is 5.94. The molecule has 2 amide bonds. The van der Waals surface area contributed by atoms with Crippen molar-refractivity contribution in [3.63, 3.8) is 0 Å². The fraction of sp³-hybridized carbons (Fsp3) is 0.500. The molecule has 1 aromatic rings. The summed E-state index contributed by atoms with van der Waals surface area (Å²) in [5.41, 5.74) is 5.73. The predicted molar refractivity (Wildman–Crippen MR) is 89.0 cm³/mol. The average Bonchev–Trinajstić information content (AvgIpc) is 2.52. The summed E-state index contributed by atoms with van der Waals surface area (Å²) in [7, 11) is 0. The number of halogens is 2. The quantitative estimate of drug-likeness (QED) is 0.712. The van der Waals surface area contributed by atoms with Gasteiger partial charge in [0.1, 0.15) is 5.82 Å². The summed E-state index contributed by atoms with van der Waals surface area (Å²) >= 11 is 0. The molecule has 7 heteroatoms. The fourth-order valence-corrected chi connectivity index (χ4v) is 2.64. The molecule has 1 aliphatic rings. The Morgan fingerprint density at radius 2 is 1.61 bits per heavy atom. The second-order valence-electron chi connectivity index (χ2n) is 5.74. The van der Waals surface area contributed by atoms with Crippen molar-refractivity contribution in [2.75, 3.05) is 13.1 Å². The van der Waals surface area contributed by atoms with Gasteiger partial charge in [0, 0.05) is 18.7 Å². The number of rotatable bonds is 5. The molecule has 0 aromatic heterocycles.